The van der Waals surface area contributed by atoms with Crippen molar-refractivity contribution in [3.05, 3.63) is 35.1 Å². The SMILES string of the molecule is CCN(CCO)c1ncnc(Nc2cccc(Br)c2)c1N. The fraction of sp³-hybridized carbons (Fsp3) is 0.286. The van der Waals surface area contributed by atoms with Gasteiger partial charge in [0.05, 0.1) is 6.61 Å². The number of nitrogens with zero attached hydrogens (tertiary/aromatic N) is 3. The third kappa shape index (κ3) is 3.83. The summed E-state index contributed by atoms with van der Waals surface area (Å²) in [6, 6.07) is 7.73. The number of halogens is 1. The van der Waals surface area contributed by atoms with E-state index in [2.05, 4.69) is 31.2 Å². The van der Waals surface area contributed by atoms with Crippen molar-refractivity contribution < 1.29 is 5.11 Å². The number of aliphatic hydroxyl groups is 1. The van der Waals surface area contributed by atoms with Gasteiger partial charge in [-0.25, -0.2) is 9.97 Å². The fourth-order valence-electron chi connectivity index (χ4n) is 1.98. The highest BCUT2D eigenvalue weighted by atomic mass is 79.9. The number of likely N-dealkylation sites (N-methyl/N-ethyl adjacent to an activating group) is 1. The molecule has 0 amide bonds. The standard InChI is InChI=1S/C14H18BrN5O/c1-2-20(6-7-21)14-12(16)13(17-9-18-14)19-11-5-3-4-10(15)8-11/h3-5,8-9,21H,2,6-7,16H2,1H3,(H,17,18,19). The van der Waals surface area contributed by atoms with Gasteiger partial charge in [0.1, 0.15) is 12.0 Å². The van der Waals surface area contributed by atoms with Crippen LogP contribution in [0.5, 0.6) is 0 Å². The van der Waals surface area contributed by atoms with Gasteiger partial charge in [-0.2, -0.15) is 0 Å². The zero-order valence-corrected chi connectivity index (χ0v) is 13.3. The molecule has 2 aromatic rings. The van der Waals surface area contributed by atoms with E-state index < -0.39 is 0 Å². The van der Waals surface area contributed by atoms with Gasteiger partial charge in [-0.15, -0.1) is 0 Å². The molecule has 0 radical (unpaired) electrons. The molecule has 0 fully saturated rings. The van der Waals surface area contributed by atoms with Crippen molar-refractivity contribution >= 4 is 38.9 Å². The van der Waals surface area contributed by atoms with Gasteiger partial charge < -0.3 is 21.1 Å². The lowest BCUT2D eigenvalue weighted by Gasteiger charge is -2.23. The summed E-state index contributed by atoms with van der Waals surface area (Å²) < 4.78 is 0.968. The largest absolute Gasteiger partial charge is 0.395 e. The second-order valence-electron chi connectivity index (χ2n) is 4.40. The lowest BCUT2D eigenvalue weighted by atomic mass is 10.3. The van der Waals surface area contributed by atoms with Gasteiger partial charge >= 0.3 is 0 Å². The summed E-state index contributed by atoms with van der Waals surface area (Å²) in [6.45, 7) is 3.22. The quantitative estimate of drug-likeness (QED) is 0.740. The third-order valence-corrected chi connectivity index (χ3v) is 3.49. The maximum atomic E-state index is 9.11. The first kappa shape index (κ1) is 15.5. The first-order chi connectivity index (χ1) is 10.2. The van der Waals surface area contributed by atoms with Gasteiger partial charge in [0.15, 0.2) is 11.6 Å². The number of benzene rings is 1. The van der Waals surface area contributed by atoms with Crippen molar-refractivity contribution in [2.24, 2.45) is 0 Å². The summed E-state index contributed by atoms with van der Waals surface area (Å²) in [5.74, 6) is 1.17. The average molecular weight is 352 g/mol. The number of rotatable bonds is 6. The Kier molecular flexibility index (Phi) is 5.35. The lowest BCUT2D eigenvalue weighted by Crippen LogP contribution is -2.28. The van der Waals surface area contributed by atoms with Gasteiger partial charge in [-0.3, -0.25) is 0 Å². The third-order valence-electron chi connectivity index (χ3n) is 3.00. The van der Waals surface area contributed by atoms with Crippen LogP contribution in [-0.4, -0.2) is 34.8 Å². The van der Waals surface area contributed by atoms with Crippen molar-refractivity contribution in [3.8, 4) is 0 Å². The molecule has 0 unspecified atom stereocenters. The van der Waals surface area contributed by atoms with Crippen LogP contribution in [0.15, 0.2) is 35.1 Å². The van der Waals surface area contributed by atoms with Crippen LogP contribution in [0.4, 0.5) is 23.0 Å². The van der Waals surface area contributed by atoms with Crippen LogP contribution in [0.2, 0.25) is 0 Å². The minimum atomic E-state index is 0.0473. The Morgan fingerprint density at radius 3 is 2.86 bits per heavy atom. The molecule has 0 aliphatic carbocycles. The number of hydrogen-bond donors (Lipinski definition) is 3. The molecule has 0 spiro atoms. The van der Waals surface area contributed by atoms with Crippen LogP contribution < -0.4 is 16.0 Å². The molecular formula is C14H18BrN5O. The van der Waals surface area contributed by atoms with E-state index >= 15 is 0 Å². The molecule has 0 aliphatic rings. The molecule has 1 heterocycles. The second-order valence-corrected chi connectivity index (χ2v) is 5.31. The smallest absolute Gasteiger partial charge is 0.159 e. The zero-order chi connectivity index (χ0) is 15.2. The second kappa shape index (κ2) is 7.24. The number of anilines is 4. The molecule has 2 rings (SSSR count). The zero-order valence-electron chi connectivity index (χ0n) is 11.8. The lowest BCUT2D eigenvalue weighted by molar-refractivity contribution is 0.302. The van der Waals surface area contributed by atoms with Crippen LogP contribution in [0.3, 0.4) is 0 Å². The van der Waals surface area contributed by atoms with Crippen molar-refractivity contribution in [3.63, 3.8) is 0 Å². The van der Waals surface area contributed by atoms with E-state index in [1.807, 2.05) is 36.1 Å². The molecule has 0 aliphatic heterocycles. The number of hydrogen-bond acceptors (Lipinski definition) is 6. The van der Waals surface area contributed by atoms with Crippen LogP contribution in [0.1, 0.15) is 6.92 Å². The minimum absolute atomic E-state index is 0.0473. The highest BCUT2D eigenvalue weighted by Crippen LogP contribution is 2.28. The van der Waals surface area contributed by atoms with Crippen molar-refractivity contribution in [2.75, 3.05) is 35.6 Å². The predicted molar refractivity (Wildman–Crippen MR) is 88.8 cm³/mol. The van der Waals surface area contributed by atoms with Crippen LogP contribution >= 0.6 is 15.9 Å². The molecule has 21 heavy (non-hydrogen) atoms. The average Bonchev–Trinajstić information content (AvgIpc) is 2.47. The van der Waals surface area contributed by atoms with Crippen molar-refractivity contribution in [1.29, 1.82) is 0 Å². The maximum Gasteiger partial charge on any atom is 0.159 e. The van der Waals surface area contributed by atoms with Crippen LogP contribution in [-0.2, 0) is 0 Å². The summed E-state index contributed by atoms with van der Waals surface area (Å²) >= 11 is 3.42. The Bertz CT molecular complexity index is 608. The van der Waals surface area contributed by atoms with E-state index in [1.165, 1.54) is 6.33 Å². The Labute approximate surface area is 132 Å². The summed E-state index contributed by atoms with van der Waals surface area (Å²) in [4.78, 5) is 10.3. The molecule has 7 heteroatoms. The Balaban J connectivity index is 2.29. The van der Waals surface area contributed by atoms with Crippen molar-refractivity contribution in [2.45, 2.75) is 6.92 Å². The Morgan fingerprint density at radius 1 is 1.38 bits per heavy atom. The first-order valence-corrected chi connectivity index (χ1v) is 7.44. The molecule has 6 nitrogen and oxygen atoms in total. The van der Waals surface area contributed by atoms with Gasteiger partial charge in [-0.05, 0) is 25.1 Å². The highest BCUT2D eigenvalue weighted by Gasteiger charge is 2.13. The molecule has 1 aromatic heterocycles. The summed E-state index contributed by atoms with van der Waals surface area (Å²) in [7, 11) is 0. The predicted octanol–water partition coefficient (Wildman–Crippen LogP) is 2.38. The minimum Gasteiger partial charge on any atom is -0.395 e. The van der Waals surface area contributed by atoms with Crippen LogP contribution in [0.25, 0.3) is 0 Å². The first-order valence-electron chi connectivity index (χ1n) is 6.64. The molecule has 112 valence electrons. The number of nitrogens with two attached hydrogens (primary N) is 1. The van der Waals surface area contributed by atoms with E-state index in [4.69, 9.17) is 10.8 Å². The Hall–Kier alpha value is -1.86. The van der Waals surface area contributed by atoms with E-state index in [1.54, 1.807) is 0 Å². The molecule has 4 N–H and O–H groups in total. The number of aliphatic hydroxyl groups excluding tert-OH is 1. The Morgan fingerprint density at radius 2 is 2.19 bits per heavy atom. The van der Waals surface area contributed by atoms with Gasteiger partial charge in [0.25, 0.3) is 0 Å². The fourth-order valence-corrected chi connectivity index (χ4v) is 2.37. The van der Waals surface area contributed by atoms with Gasteiger partial charge in [0.2, 0.25) is 0 Å². The van der Waals surface area contributed by atoms with Gasteiger partial charge in [0, 0.05) is 23.2 Å². The van der Waals surface area contributed by atoms with Crippen molar-refractivity contribution in [1.82, 2.24) is 9.97 Å². The highest BCUT2D eigenvalue weighted by molar-refractivity contribution is 9.10. The molecule has 1 aromatic carbocycles. The molecule has 0 bridgehead atoms. The number of aromatic nitrogens is 2. The van der Waals surface area contributed by atoms with E-state index in [9.17, 15) is 0 Å². The topological polar surface area (TPSA) is 87.3 Å². The van der Waals surface area contributed by atoms with E-state index in [0.717, 1.165) is 10.2 Å². The van der Waals surface area contributed by atoms with Crippen LogP contribution in [0, 0.1) is 0 Å². The molecular weight excluding hydrogens is 334 g/mol. The summed E-state index contributed by atoms with van der Waals surface area (Å²) in [5, 5.41) is 12.3. The molecule has 0 saturated heterocycles. The van der Waals surface area contributed by atoms with E-state index in [0.29, 0.717) is 30.4 Å². The maximum absolute atomic E-state index is 9.11. The number of nitrogen functional groups attached to an aromatic ring is 1. The summed E-state index contributed by atoms with van der Waals surface area (Å²) in [5.41, 5.74) is 7.50. The summed E-state index contributed by atoms with van der Waals surface area (Å²) in [6.07, 6.45) is 1.46. The molecule has 0 atom stereocenters. The molecule has 0 saturated carbocycles. The van der Waals surface area contributed by atoms with Gasteiger partial charge in [-0.1, -0.05) is 22.0 Å². The monoisotopic (exact) mass is 351 g/mol. The van der Waals surface area contributed by atoms with E-state index in [-0.39, 0.29) is 6.61 Å². The normalized spacial score (nSPS) is 10.4. The number of nitrogens with one attached hydrogen (secondary N) is 1.